The van der Waals surface area contributed by atoms with Gasteiger partial charge in [0.2, 0.25) is 0 Å². The molecule has 0 atom stereocenters. The molecule has 4 nitrogen and oxygen atoms in total. The molecule has 0 aromatic carbocycles. The van der Waals surface area contributed by atoms with Gasteiger partial charge >= 0.3 is 0 Å². The van der Waals surface area contributed by atoms with E-state index in [0.29, 0.717) is 12.4 Å². The third kappa shape index (κ3) is 3.21. The summed E-state index contributed by atoms with van der Waals surface area (Å²) in [4.78, 5) is 24.3. The van der Waals surface area contributed by atoms with Gasteiger partial charge in [0, 0.05) is 11.9 Å². The minimum Gasteiger partial charge on any atom is -0.493 e. The van der Waals surface area contributed by atoms with Crippen LogP contribution in [0.25, 0.3) is 5.70 Å². The van der Waals surface area contributed by atoms with Crippen molar-refractivity contribution in [3.05, 3.63) is 58.1 Å². The quantitative estimate of drug-likeness (QED) is 0.798. The maximum Gasteiger partial charge on any atom is 0.269 e. The zero-order valence-electron chi connectivity index (χ0n) is 12.6. The summed E-state index contributed by atoms with van der Waals surface area (Å²) < 4.78 is 6.86. The maximum absolute atomic E-state index is 12.6. The van der Waals surface area contributed by atoms with Crippen molar-refractivity contribution in [1.29, 1.82) is 0 Å². The molecule has 0 N–H and O–H groups in total. The molecule has 2 rings (SSSR count). The van der Waals surface area contributed by atoms with Crippen LogP contribution < -0.4 is 10.3 Å². The van der Waals surface area contributed by atoms with Crippen LogP contribution in [0.2, 0.25) is 0 Å². The highest BCUT2D eigenvalue weighted by molar-refractivity contribution is 5.96. The van der Waals surface area contributed by atoms with Gasteiger partial charge in [-0.1, -0.05) is 17.7 Å². The van der Waals surface area contributed by atoms with Gasteiger partial charge in [0.05, 0.1) is 6.61 Å². The molecule has 1 aromatic heterocycles. The van der Waals surface area contributed by atoms with Crippen LogP contribution in [0.4, 0.5) is 0 Å². The van der Waals surface area contributed by atoms with Crippen LogP contribution >= 0.6 is 0 Å². The molecule has 0 fully saturated rings. The van der Waals surface area contributed by atoms with Crippen molar-refractivity contribution in [3.63, 3.8) is 0 Å². The fourth-order valence-corrected chi connectivity index (χ4v) is 2.20. The molecular formula is C17H19NO3. The van der Waals surface area contributed by atoms with E-state index in [-0.39, 0.29) is 16.9 Å². The van der Waals surface area contributed by atoms with E-state index in [2.05, 4.69) is 0 Å². The van der Waals surface area contributed by atoms with Gasteiger partial charge in [-0.15, -0.1) is 0 Å². The summed E-state index contributed by atoms with van der Waals surface area (Å²) in [6.45, 7) is 5.64. The van der Waals surface area contributed by atoms with E-state index in [1.165, 1.54) is 17.1 Å². The maximum atomic E-state index is 12.6. The lowest BCUT2D eigenvalue weighted by Crippen LogP contribution is -2.25. The van der Waals surface area contributed by atoms with Crippen molar-refractivity contribution >= 4 is 11.5 Å². The van der Waals surface area contributed by atoms with Crippen molar-refractivity contribution in [3.8, 4) is 5.75 Å². The number of aromatic nitrogens is 1. The van der Waals surface area contributed by atoms with Gasteiger partial charge in [0.15, 0.2) is 5.78 Å². The van der Waals surface area contributed by atoms with Crippen molar-refractivity contribution in [2.24, 2.45) is 0 Å². The summed E-state index contributed by atoms with van der Waals surface area (Å²) in [5.74, 6) is 0.0545. The predicted molar refractivity (Wildman–Crippen MR) is 83.7 cm³/mol. The zero-order valence-corrected chi connectivity index (χ0v) is 12.6. The van der Waals surface area contributed by atoms with Crippen LogP contribution in [0.1, 0.15) is 37.6 Å². The highest BCUT2D eigenvalue weighted by Gasteiger charge is 2.16. The molecule has 0 unspecified atom stereocenters. The summed E-state index contributed by atoms with van der Waals surface area (Å²) >= 11 is 0. The zero-order chi connectivity index (χ0) is 15.4. The Morgan fingerprint density at radius 2 is 2.14 bits per heavy atom. The highest BCUT2D eigenvalue weighted by Crippen LogP contribution is 2.18. The molecule has 1 aliphatic rings. The summed E-state index contributed by atoms with van der Waals surface area (Å²) in [7, 11) is 0. The molecule has 0 spiro atoms. The van der Waals surface area contributed by atoms with Crippen molar-refractivity contribution in [2.75, 3.05) is 6.61 Å². The van der Waals surface area contributed by atoms with E-state index in [4.69, 9.17) is 4.74 Å². The lowest BCUT2D eigenvalue weighted by molar-refractivity contribution is 0.101. The first-order chi connectivity index (χ1) is 10.0. The molecule has 0 amide bonds. The fraction of sp³-hybridized carbons (Fsp3) is 0.294. The van der Waals surface area contributed by atoms with Crippen molar-refractivity contribution < 1.29 is 9.53 Å². The molecule has 0 aliphatic heterocycles. The fourth-order valence-electron chi connectivity index (χ4n) is 2.20. The molecule has 0 saturated heterocycles. The first-order valence-electron chi connectivity index (χ1n) is 6.98. The Kier molecular flexibility index (Phi) is 4.58. The van der Waals surface area contributed by atoms with E-state index >= 15 is 0 Å². The molecule has 0 radical (unpaired) electrons. The lowest BCUT2D eigenvalue weighted by atomic mass is 10.1. The number of nitrogens with zero attached hydrogens (tertiary/aromatic N) is 1. The second kappa shape index (κ2) is 6.39. The summed E-state index contributed by atoms with van der Waals surface area (Å²) in [5.41, 5.74) is 1.70. The van der Waals surface area contributed by atoms with E-state index < -0.39 is 0 Å². The van der Waals surface area contributed by atoms with Gasteiger partial charge in [-0.3, -0.25) is 14.2 Å². The van der Waals surface area contributed by atoms with Crippen LogP contribution in [0.3, 0.4) is 0 Å². The molecule has 4 heteroatoms. The summed E-state index contributed by atoms with van der Waals surface area (Å²) in [6, 6.07) is 1.66. The number of carbonyl (C=O) groups is 1. The van der Waals surface area contributed by atoms with E-state index in [0.717, 1.165) is 12.1 Å². The third-order valence-electron chi connectivity index (χ3n) is 3.25. The van der Waals surface area contributed by atoms with Crippen LogP contribution in [0, 0.1) is 0 Å². The second-order valence-electron chi connectivity index (χ2n) is 4.93. The normalized spacial score (nSPS) is 14.2. The molecule has 1 aliphatic carbocycles. The third-order valence-corrected chi connectivity index (χ3v) is 3.25. The van der Waals surface area contributed by atoms with Gasteiger partial charge < -0.3 is 4.74 Å². The number of allylic oxidation sites excluding steroid dienone is 6. The minimum absolute atomic E-state index is 0.0959. The first kappa shape index (κ1) is 15.0. The number of carbonyl (C=O) groups excluding carboxylic acids is 1. The van der Waals surface area contributed by atoms with E-state index in [1.54, 1.807) is 12.3 Å². The molecule has 21 heavy (non-hydrogen) atoms. The lowest BCUT2D eigenvalue weighted by Gasteiger charge is -2.12. The van der Waals surface area contributed by atoms with Crippen LogP contribution in [-0.4, -0.2) is 17.0 Å². The molecule has 1 heterocycles. The Hall–Kier alpha value is -2.36. The van der Waals surface area contributed by atoms with Crippen LogP contribution in [0.5, 0.6) is 5.75 Å². The Morgan fingerprint density at radius 1 is 1.38 bits per heavy atom. The molecular weight excluding hydrogens is 266 g/mol. The summed E-state index contributed by atoms with van der Waals surface area (Å²) in [5, 5.41) is 0. The average molecular weight is 285 g/mol. The Morgan fingerprint density at radius 3 is 2.81 bits per heavy atom. The van der Waals surface area contributed by atoms with Gasteiger partial charge in [0.25, 0.3) is 5.56 Å². The Labute approximate surface area is 124 Å². The van der Waals surface area contributed by atoms with Crippen molar-refractivity contribution in [2.45, 2.75) is 27.2 Å². The number of hydrogen-bond donors (Lipinski definition) is 0. The van der Waals surface area contributed by atoms with E-state index in [9.17, 15) is 9.59 Å². The Bertz CT molecular complexity index is 705. The SMILES string of the molecule is CCOc1ccn(C2=CC=C(C)CC=C2)c(=O)c1C(C)=O. The standard InChI is InChI=1S/C17H19NO3/c1-4-21-15-10-11-18(17(20)16(15)13(3)19)14-7-5-6-12(2)8-9-14/h5,7-11H,4,6H2,1-3H3. The largest absolute Gasteiger partial charge is 0.493 e. The number of ether oxygens (including phenoxy) is 1. The summed E-state index contributed by atoms with van der Waals surface area (Å²) in [6.07, 6.45) is 10.2. The number of ketones is 1. The van der Waals surface area contributed by atoms with Crippen LogP contribution in [-0.2, 0) is 0 Å². The average Bonchev–Trinajstić information content (AvgIpc) is 2.64. The Balaban J connectivity index is 2.59. The number of Topliss-reactive ketones (excluding diaryl/α,β-unsaturated/α-hetero) is 1. The predicted octanol–water partition coefficient (Wildman–Crippen LogP) is 3.20. The van der Waals surface area contributed by atoms with Gasteiger partial charge in [-0.25, -0.2) is 0 Å². The number of hydrogen-bond acceptors (Lipinski definition) is 3. The topological polar surface area (TPSA) is 48.3 Å². The smallest absolute Gasteiger partial charge is 0.269 e. The second-order valence-corrected chi connectivity index (χ2v) is 4.93. The molecule has 0 bridgehead atoms. The van der Waals surface area contributed by atoms with E-state index in [1.807, 2.05) is 38.2 Å². The van der Waals surface area contributed by atoms with Crippen molar-refractivity contribution in [1.82, 2.24) is 4.57 Å². The van der Waals surface area contributed by atoms with Gasteiger partial charge in [-0.2, -0.15) is 0 Å². The number of pyridine rings is 1. The minimum atomic E-state index is -0.350. The molecule has 1 aromatic rings. The first-order valence-corrected chi connectivity index (χ1v) is 6.98. The molecule has 110 valence electrons. The number of rotatable bonds is 4. The monoisotopic (exact) mass is 285 g/mol. The van der Waals surface area contributed by atoms with Gasteiger partial charge in [0.1, 0.15) is 11.3 Å². The molecule has 0 saturated carbocycles. The highest BCUT2D eigenvalue weighted by atomic mass is 16.5. The van der Waals surface area contributed by atoms with Crippen LogP contribution in [0.15, 0.2) is 46.9 Å². The van der Waals surface area contributed by atoms with Gasteiger partial charge in [-0.05, 0) is 45.4 Å².